The molecule has 1 aromatic carbocycles. The highest BCUT2D eigenvalue weighted by atomic mass is 35.5. The van der Waals surface area contributed by atoms with E-state index in [0.29, 0.717) is 6.04 Å². The highest BCUT2D eigenvalue weighted by Crippen LogP contribution is 2.19. The van der Waals surface area contributed by atoms with Crippen LogP contribution in [0.4, 0.5) is 0 Å². The van der Waals surface area contributed by atoms with Gasteiger partial charge in [0.1, 0.15) is 0 Å². The molecular weight excluding hydrogens is 232 g/mol. The van der Waals surface area contributed by atoms with E-state index in [-0.39, 0.29) is 0 Å². The molecule has 3 heteroatoms. The van der Waals surface area contributed by atoms with E-state index in [1.54, 1.807) is 0 Å². The van der Waals surface area contributed by atoms with Crippen molar-refractivity contribution in [3.63, 3.8) is 0 Å². The molecule has 1 aliphatic rings. The smallest absolute Gasteiger partial charge is 0.0408 e. The van der Waals surface area contributed by atoms with E-state index in [1.165, 1.54) is 37.1 Å². The minimum atomic E-state index is 0.706. The first-order valence-electron chi connectivity index (χ1n) is 6.33. The summed E-state index contributed by atoms with van der Waals surface area (Å²) in [5.74, 6) is 0. The first-order valence-corrected chi connectivity index (χ1v) is 6.71. The second kappa shape index (κ2) is 5.85. The molecule has 1 heterocycles. The summed E-state index contributed by atoms with van der Waals surface area (Å²) in [6, 6.07) is 6.90. The molecule has 0 spiro atoms. The fourth-order valence-corrected chi connectivity index (χ4v) is 2.68. The zero-order chi connectivity index (χ0) is 12.3. The fourth-order valence-electron chi connectivity index (χ4n) is 2.46. The minimum absolute atomic E-state index is 0.706. The average molecular weight is 253 g/mol. The third-order valence-electron chi connectivity index (χ3n) is 3.69. The number of halogens is 1. The predicted octanol–water partition coefficient (Wildman–Crippen LogP) is 2.83. The van der Waals surface area contributed by atoms with Crippen LogP contribution in [0.25, 0.3) is 0 Å². The molecule has 0 saturated carbocycles. The van der Waals surface area contributed by atoms with Crippen molar-refractivity contribution in [1.29, 1.82) is 0 Å². The molecule has 17 heavy (non-hydrogen) atoms. The lowest BCUT2D eigenvalue weighted by Crippen LogP contribution is -2.40. The van der Waals surface area contributed by atoms with Gasteiger partial charge in [-0.25, -0.2) is 0 Å². The quantitative estimate of drug-likeness (QED) is 0.890. The molecule has 0 bridgehead atoms. The van der Waals surface area contributed by atoms with Crippen LogP contribution < -0.4 is 5.32 Å². The molecule has 2 rings (SSSR count). The summed E-state index contributed by atoms with van der Waals surface area (Å²) in [5.41, 5.74) is 2.70. The minimum Gasteiger partial charge on any atom is -0.317 e. The second-order valence-electron chi connectivity index (χ2n) is 4.91. The molecule has 94 valence electrons. The van der Waals surface area contributed by atoms with Crippen molar-refractivity contribution in [3.8, 4) is 0 Å². The van der Waals surface area contributed by atoms with E-state index in [2.05, 4.69) is 36.3 Å². The third-order valence-corrected chi connectivity index (χ3v) is 3.93. The van der Waals surface area contributed by atoms with Crippen LogP contribution in [0, 0.1) is 6.92 Å². The van der Waals surface area contributed by atoms with Crippen LogP contribution in [0.15, 0.2) is 18.2 Å². The van der Waals surface area contributed by atoms with E-state index in [1.807, 2.05) is 6.07 Å². The van der Waals surface area contributed by atoms with Gasteiger partial charge in [0.2, 0.25) is 0 Å². The van der Waals surface area contributed by atoms with Crippen LogP contribution in [0.5, 0.6) is 0 Å². The standard InChI is InChI=1S/C14H21ClN2/c1-11-9-13(15)4-3-12(11)10-17-7-5-14(16-2)6-8-17/h3-4,9,14,16H,5-8,10H2,1-2H3. The Morgan fingerprint density at radius 3 is 2.65 bits per heavy atom. The first kappa shape index (κ1) is 12.9. The fraction of sp³-hybridized carbons (Fsp3) is 0.571. The molecular formula is C14H21ClN2. The van der Waals surface area contributed by atoms with Gasteiger partial charge in [0.15, 0.2) is 0 Å². The molecule has 1 aromatic rings. The van der Waals surface area contributed by atoms with Crippen LogP contribution >= 0.6 is 11.6 Å². The number of hydrogen-bond donors (Lipinski definition) is 1. The monoisotopic (exact) mass is 252 g/mol. The number of nitrogens with one attached hydrogen (secondary N) is 1. The lowest BCUT2D eigenvalue weighted by Gasteiger charge is -2.32. The van der Waals surface area contributed by atoms with Crippen molar-refractivity contribution >= 4 is 11.6 Å². The summed E-state index contributed by atoms with van der Waals surface area (Å²) in [4.78, 5) is 2.53. The first-order chi connectivity index (χ1) is 8.19. The van der Waals surface area contributed by atoms with Gasteiger partial charge in [-0.05, 0) is 63.2 Å². The number of rotatable bonds is 3. The molecule has 0 atom stereocenters. The van der Waals surface area contributed by atoms with Gasteiger partial charge < -0.3 is 5.32 Å². The van der Waals surface area contributed by atoms with Crippen LogP contribution in [-0.4, -0.2) is 31.1 Å². The number of nitrogens with zero attached hydrogens (tertiary/aromatic N) is 1. The maximum atomic E-state index is 5.98. The molecule has 0 radical (unpaired) electrons. The number of benzene rings is 1. The van der Waals surface area contributed by atoms with Gasteiger partial charge in [0.05, 0.1) is 0 Å². The third kappa shape index (κ3) is 3.44. The van der Waals surface area contributed by atoms with Gasteiger partial charge in [-0.1, -0.05) is 17.7 Å². The average Bonchev–Trinajstić information content (AvgIpc) is 2.34. The maximum absolute atomic E-state index is 5.98. The van der Waals surface area contributed by atoms with Gasteiger partial charge in [0.25, 0.3) is 0 Å². The van der Waals surface area contributed by atoms with Crippen LogP contribution in [0.2, 0.25) is 5.02 Å². The van der Waals surface area contributed by atoms with Gasteiger partial charge in [-0.3, -0.25) is 4.90 Å². The second-order valence-corrected chi connectivity index (χ2v) is 5.35. The van der Waals surface area contributed by atoms with E-state index >= 15 is 0 Å². The van der Waals surface area contributed by atoms with Crippen molar-refractivity contribution in [2.45, 2.75) is 32.4 Å². The Balaban J connectivity index is 1.93. The Kier molecular flexibility index (Phi) is 4.43. The summed E-state index contributed by atoms with van der Waals surface area (Å²) < 4.78 is 0. The zero-order valence-corrected chi connectivity index (χ0v) is 11.4. The highest BCUT2D eigenvalue weighted by Gasteiger charge is 2.17. The summed E-state index contributed by atoms with van der Waals surface area (Å²) in [5, 5.41) is 4.20. The Morgan fingerprint density at radius 1 is 1.35 bits per heavy atom. The van der Waals surface area contributed by atoms with Crippen LogP contribution in [0.3, 0.4) is 0 Å². The number of likely N-dealkylation sites (tertiary alicyclic amines) is 1. The summed E-state index contributed by atoms with van der Waals surface area (Å²) in [7, 11) is 2.06. The van der Waals surface area contributed by atoms with Crippen molar-refractivity contribution in [2.75, 3.05) is 20.1 Å². The van der Waals surface area contributed by atoms with E-state index in [4.69, 9.17) is 11.6 Å². The van der Waals surface area contributed by atoms with Crippen molar-refractivity contribution in [1.82, 2.24) is 10.2 Å². The number of piperidine rings is 1. The molecule has 0 aromatic heterocycles. The van der Waals surface area contributed by atoms with Crippen molar-refractivity contribution in [2.24, 2.45) is 0 Å². The molecule has 1 N–H and O–H groups in total. The largest absolute Gasteiger partial charge is 0.317 e. The van der Waals surface area contributed by atoms with Crippen LogP contribution in [0.1, 0.15) is 24.0 Å². The van der Waals surface area contributed by atoms with Crippen molar-refractivity contribution in [3.05, 3.63) is 34.3 Å². The summed E-state index contributed by atoms with van der Waals surface area (Å²) in [6.07, 6.45) is 2.51. The van der Waals surface area contributed by atoms with Gasteiger partial charge in [0, 0.05) is 17.6 Å². The SMILES string of the molecule is CNC1CCN(Cc2ccc(Cl)cc2C)CC1. The van der Waals surface area contributed by atoms with E-state index < -0.39 is 0 Å². The summed E-state index contributed by atoms with van der Waals surface area (Å²) in [6.45, 7) is 5.57. The van der Waals surface area contributed by atoms with Crippen LogP contribution in [-0.2, 0) is 6.54 Å². The van der Waals surface area contributed by atoms with E-state index in [0.717, 1.165) is 11.6 Å². The van der Waals surface area contributed by atoms with Crippen molar-refractivity contribution < 1.29 is 0 Å². The molecule has 1 saturated heterocycles. The van der Waals surface area contributed by atoms with Gasteiger partial charge in [-0.15, -0.1) is 0 Å². The Labute approximate surface area is 109 Å². The topological polar surface area (TPSA) is 15.3 Å². The highest BCUT2D eigenvalue weighted by molar-refractivity contribution is 6.30. The molecule has 0 unspecified atom stereocenters. The predicted molar refractivity (Wildman–Crippen MR) is 73.5 cm³/mol. The molecule has 0 aliphatic carbocycles. The normalized spacial score (nSPS) is 18.5. The Hall–Kier alpha value is -0.570. The molecule has 0 amide bonds. The lowest BCUT2D eigenvalue weighted by atomic mass is 10.0. The van der Waals surface area contributed by atoms with Gasteiger partial charge >= 0.3 is 0 Å². The lowest BCUT2D eigenvalue weighted by molar-refractivity contribution is 0.194. The maximum Gasteiger partial charge on any atom is 0.0408 e. The Bertz CT molecular complexity index is 370. The van der Waals surface area contributed by atoms with Gasteiger partial charge in [-0.2, -0.15) is 0 Å². The molecule has 2 nitrogen and oxygen atoms in total. The molecule has 1 aliphatic heterocycles. The zero-order valence-electron chi connectivity index (χ0n) is 10.7. The number of hydrogen-bond acceptors (Lipinski definition) is 2. The Morgan fingerprint density at radius 2 is 2.06 bits per heavy atom. The molecule has 1 fully saturated rings. The summed E-state index contributed by atoms with van der Waals surface area (Å²) >= 11 is 5.98. The van der Waals surface area contributed by atoms with E-state index in [9.17, 15) is 0 Å². The number of aryl methyl sites for hydroxylation is 1.